The number of nitrogens with one attached hydrogen (secondary N) is 1. The number of likely N-dealkylation sites (N-methyl/N-ethyl adjacent to an activating group) is 1. The first-order chi connectivity index (χ1) is 15.7. The Labute approximate surface area is 200 Å². The molecular formula is C27H29N3O2S. The summed E-state index contributed by atoms with van der Waals surface area (Å²) in [6, 6.07) is 13.7. The van der Waals surface area contributed by atoms with Gasteiger partial charge in [0.25, 0.3) is 11.8 Å². The minimum Gasteiger partial charge on any atom is -0.363 e. The van der Waals surface area contributed by atoms with E-state index in [1.807, 2.05) is 36.4 Å². The van der Waals surface area contributed by atoms with Crippen LogP contribution in [0.4, 0.5) is 11.4 Å². The predicted molar refractivity (Wildman–Crippen MR) is 139 cm³/mol. The molecular weight excluding hydrogens is 430 g/mol. The molecule has 0 atom stereocenters. The molecule has 0 aliphatic carbocycles. The molecule has 0 spiro atoms. The Balaban J connectivity index is 1.72. The zero-order chi connectivity index (χ0) is 23.9. The standard InChI is InChI=1S/C27H29N3O2S/c1-6-18-8-11-20(12-9-18)30-25(32)22(24(31)28-26(30)33)15-19-10-13-23-21(14-19)17(3)16-27(4,5)29(23)7-2/h8-16H,6-7H2,1-5H3,(H,28,31,33)/b22-15+. The van der Waals surface area contributed by atoms with E-state index < -0.39 is 11.8 Å². The number of carbonyl (C=O) groups is 2. The Morgan fingerprint density at radius 2 is 1.76 bits per heavy atom. The van der Waals surface area contributed by atoms with Crippen molar-refractivity contribution in [3.05, 3.63) is 70.8 Å². The van der Waals surface area contributed by atoms with Crippen LogP contribution < -0.4 is 15.1 Å². The molecule has 1 saturated heterocycles. The maximum absolute atomic E-state index is 13.3. The molecule has 2 aliphatic heterocycles. The number of rotatable bonds is 4. The van der Waals surface area contributed by atoms with E-state index >= 15 is 0 Å². The third-order valence-corrected chi connectivity index (χ3v) is 6.62. The van der Waals surface area contributed by atoms with E-state index in [0.717, 1.165) is 35.3 Å². The number of hydrogen-bond donors (Lipinski definition) is 1. The van der Waals surface area contributed by atoms with E-state index in [1.165, 1.54) is 10.5 Å². The minimum atomic E-state index is -0.479. The summed E-state index contributed by atoms with van der Waals surface area (Å²) in [6.07, 6.45) is 4.81. The number of aryl methyl sites for hydroxylation is 1. The lowest BCUT2D eigenvalue weighted by Crippen LogP contribution is -2.54. The third kappa shape index (κ3) is 4.11. The second kappa shape index (κ2) is 8.60. The third-order valence-electron chi connectivity index (χ3n) is 6.33. The number of nitrogens with zero attached hydrogens (tertiary/aromatic N) is 2. The minimum absolute atomic E-state index is 0.0632. The van der Waals surface area contributed by atoms with Crippen molar-refractivity contribution < 1.29 is 9.59 Å². The first kappa shape index (κ1) is 22.9. The van der Waals surface area contributed by atoms with E-state index in [2.05, 4.69) is 57.0 Å². The molecule has 5 nitrogen and oxygen atoms in total. The summed E-state index contributed by atoms with van der Waals surface area (Å²) in [5.74, 6) is -0.901. The van der Waals surface area contributed by atoms with Crippen LogP contribution in [0.5, 0.6) is 0 Å². The monoisotopic (exact) mass is 459 g/mol. The Morgan fingerprint density at radius 1 is 1.06 bits per heavy atom. The van der Waals surface area contributed by atoms with Gasteiger partial charge >= 0.3 is 0 Å². The van der Waals surface area contributed by atoms with Crippen LogP contribution in [0.25, 0.3) is 11.6 Å². The predicted octanol–water partition coefficient (Wildman–Crippen LogP) is 5.10. The summed E-state index contributed by atoms with van der Waals surface area (Å²) in [6.45, 7) is 11.6. The second-order valence-corrected chi connectivity index (χ2v) is 9.37. The Kier molecular flexibility index (Phi) is 5.97. The molecule has 1 fully saturated rings. The van der Waals surface area contributed by atoms with Crippen LogP contribution in [0.3, 0.4) is 0 Å². The Bertz CT molecular complexity index is 1210. The average Bonchev–Trinajstić information content (AvgIpc) is 2.77. The maximum Gasteiger partial charge on any atom is 0.270 e. The lowest BCUT2D eigenvalue weighted by molar-refractivity contribution is -0.122. The van der Waals surface area contributed by atoms with Crippen LogP contribution in [0.1, 0.15) is 51.3 Å². The van der Waals surface area contributed by atoms with E-state index in [-0.39, 0.29) is 16.2 Å². The highest BCUT2D eigenvalue weighted by Gasteiger charge is 2.35. The molecule has 1 N–H and O–H groups in total. The number of thiocarbonyl (C=S) groups is 1. The summed E-state index contributed by atoms with van der Waals surface area (Å²) in [7, 11) is 0. The van der Waals surface area contributed by atoms with Crippen LogP contribution in [0.2, 0.25) is 0 Å². The fourth-order valence-corrected chi connectivity index (χ4v) is 4.99. The molecule has 2 aliphatic rings. The van der Waals surface area contributed by atoms with Crippen LogP contribution in [0.15, 0.2) is 54.1 Å². The molecule has 2 amide bonds. The number of hydrogen-bond acceptors (Lipinski definition) is 4. The maximum atomic E-state index is 13.3. The van der Waals surface area contributed by atoms with E-state index in [4.69, 9.17) is 12.2 Å². The topological polar surface area (TPSA) is 52.7 Å². The smallest absolute Gasteiger partial charge is 0.270 e. The number of fused-ring (bicyclic) bond motifs is 1. The lowest BCUT2D eigenvalue weighted by atomic mass is 9.88. The van der Waals surface area contributed by atoms with E-state index in [1.54, 1.807) is 6.08 Å². The molecule has 0 bridgehead atoms. The summed E-state index contributed by atoms with van der Waals surface area (Å²) in [5, 5.41) is 2.76. The van der Waals surface area contributed by atoms with Crippen LogP contribution in [-0.4, -0.2) is 29.0 Å². The fraction of sp³-hybridized carbons (Fsp3) is 0.296. The zero-order valence-electron chi connectivity index (χ0n) is 19.7. The number of amides is 2. The summed E-state index contributed by atoms with van der Waals surface area (Å²) >= 11 is 5.32. The summed E-state index contributed by atoms with van der Waals surface area (Å²) in [4.78, 5) is 29.8. The quantitative estimate of drug-likeness (QED) is 0.393. The average molecular weight is 460 g/mol. The van der Waals surface area contributed by atoms with Gasteiger partial charge in [0.05, 0.1) is 11.2 Å². The number of benzene rings is 2. The van der Waals surface area contributed by atoms with Crippen molar-refractivity contribution in [2.45, 2.75) is 46.6 Å². The first-order valence-electron chi connectivity index (χ1n) is 11.3. The van der Waals surface area contributed by atoms with Gasteiger partial charge in [-0.2, -0.15) is 0 Å². The van der Waals surface area contributed by atoms with Gasteiger partial charge in [0.2, 0.25) is 0 Å². The number of anilines is 2. The molecule has 0 unspecified atom stereocenters. The molecule has 0 radical (unpaired) electrons. The van der Waals surface area contributed by atoms with Gasteiger partial charge in [0, 0.05) is 17.8 Å². The molecule has 170 valence electrons. The molecule has 4 rings (SSSR count). The van der Waals surface area contributed by atoms with Gasteiger partial charge in [-0.05, 0) is 93.4 Å². The molecule has 2 heterocycles. The van der Waals surface area contributed by atoms with Crippen molar-refractivity contribution in [3.63, 3.8) is 0 Å². The molecule has 0 aromatic heterocycles. The van der Waals surface area contributed by atoms with Crippen molar-refractivity contribution in [3.8, 4) is 0 Å². The van der Waals surface area contributed by atoms with E-state index in [9.17, 15) is 9.59 Å². The molecule has 0 saturated carbocycles. The summed E-state index contributed by atoms with van der Waals surface area (Å²) < 4.78 is 0. The largest absolute Gasteiger partial charge is 0.363 e. The molecule has 33 heavy (non-hydrogen) atoms. The normalized spacial score (nSPS) is 18.9. The highest BCUT2D eigenvalue weighted by atomic mass is 32.1. The van der Waals surface area contributed by atoms with Gasteiger partial charge in [0.15, 0.2) is 5.11 Å². The molecule has 2 aromatic rings. The molecule has 6 heteroatoms. The SMILES string of the molecule is CCc1ccc(N2C(=O)/C(=C/c3ccc4c(c3)C(C)=CC(C)(C)N4CC)C(=O)NC2=S)cc1. The van der Waals surface area contributed by atoms with Gasteiger partial charge in [-0.1, -0.05) is 31.2 Å². The molecule has 2 aromatic carbocycles. The Hall–Kier alpha value is -3.25. The van der Waals surface area contributed by atoms with Gasteiger partial charge in [0.1, 0.15) is 5.57 Å². The Morgan fingerprint density at radius 3 is 2.39 bits per heavy atom. The highest BCUT2D eigenvalue weighted by molar-refractivity contribution is 7.80. The lowest BCUT2D eigenvalue weighted by Gasteiger charge is -2.42. The van der Waals surface area contributed by atoms with Crippen molar-refractivity contribution in [1.29, 1.82) is 0 Å². The summed E-state index contributed by atoms with van der Waals surface area (Å²) in [5.41, 5.74) is 6.03. The van der Waals surface area contributed by atoms with E-state index in [0.29, 0.717) is 5.69 Å². The zero-order valence-corrected chi connectivity index (χ0v) is 20.5. The second-order valence-electron chi connectivity index (χ2n) is 8.98. The van der Waals surface area contributed by atoms with Crippen molar-refractivity contribution in [1.82, 2.24) is 5.32 Å². The van der Waals surface area contributed by atoms with Crippen molar-refractivity contribution >= 4 is 52.2 Å². The van der Waals surface area contributed by atoms with Crippen LogP contribution >= 0.6 is 12.2 Å². The van der Waals surface area contributed by atoms with Crippen molar-refractivity contribution in [2.75, 3.05) is 16.3 Å². The van der Waals surface area contributed by atoms with Gasteiger partial charge in [-0.15, -0.1) is 0 Å². The van der Waals surface area contributed by atoms with Gasteiger partial charge in [-0.3, -0.25) is 19.8 Å². The fourth-order valence-electron chi connectivity index (χ4n) is 4.71. The van der Waals surface area contributed by atoms with Gasteiger partial charge < -0.3 is 4.90 Å². The van der Waals surface area contributed by atoms with Crippen LogP contribution in [-0.2, 0) is 16.0 Å². The number of allylic oxidation sites excluding steroid dienone is 1. The van der Waals surface area contributed by atoms with Gasteiger partial charge in [-0.25, -0.2) is 0 Å². The highest BCUT2D eigenvalue weighted by Crippen LogP contribution is 2.39. The van der Waals surface area contributed by atoms with Crippen molar-refractivity contribution in [2.24, 2.45) is 0 Å². The van der Waals surface area contributed by atoms with Crippen LogP contribution in [0, 0.1) is 0 Å². The number of carbonyl (C=O) groups excluding carboxylic acids is 2. The first-order valence-corrected chi connectivity index (χ1v) is 11.7.